The first-order chi connectivity index (χ1) is 21.8. The molecule has 1 aliphatic heterocycles. The van der Waals surface area contributed by atoms with Crippen molar-refractivity contribution in [2.24, 2.45) is 0 Å². The normalized spacial score (nSPS) is 14.6. The molecule has 1 aromatic rings. The highest BCUT2D eigenvalue weighted by atomic mass is 16.4. The number of imide groups is 1. The Morgan fingerprint density at radius 2 is 0.889 bits per heavy atom. The standard InChI is InChI=1S/C38H57NO6/c1-3-5-6-7-8-9-10-11-12-13-14-15-16-17-18-19-20-21-22-23-26-32(38(44)45)30-39(29-31(4-2)37(42)43)35(40)33-27-24-25-28-34(33)36(39)41/h24-25,27-30H,3-23,26H2,1-2H3,(H-,42,43,44,45)/p+1. The van der Waals surface area contributed by atoms with Gasteiger partial charge >= 0.3 is 23.8 Å². The molecule has 0 unspecified atom stereocenters. The molecular weight excluding hydrogens is 566 g/mol. The maximum Gasteiger partial charge on any atom is 0.363 e. The van der Waals surface area contributed by atoms with Gasteiger partial charge in [0.1, 0.15) is 12.4 Å². The molecule has 2 amide bonds. The molecule has 0 aliphatic carbocycles. The van der Waals surface area contributed by atoms with Gasteiger partial charge in [-0.15, -0.1) is 4.48 Å². The second-order valence-corrected chi connectivity index (χ2v) is 12.7. The Bertz CT molecular complexity index is 1120. The quantitative estimate of drug-likeness (QED) is 0.0459. The summed E-state index contributed by atoms with van der Waals surface area (Å²) in [7, 11) is 0. The zero-order valence-corrected chi connectivity index (χ0v) is 28.0. The molecule has 7 nitrogen and oxygen atoms in total. The lowest BCUT2D eigenvalue weighted by Crippen LogP contribution is -2.44. The van der Waals surface area contributed by atoms with Crippen LogP contribution in [0.25, 0.3) is 0 Å². The first-order valence-electron chi connectivity index (χ1n) is 17.8. The van der Waals surface area contributed by atoms with E-state index in [9.17, 15) is 29.4 Å². The Balaban J connectivity index is 1.71. The predicted molar refractivity (Wildman–Crippen MR) is 180 cm³/mol. The summed E-state index contributed by atoms with van der Waals surface area (Å²) >= 11 is 0. The van der Waals surface area contributed by atoms with E-state index in [0.29, 0.717) is 6.42 Å². The second kappa shape index (κ2) is 21.6. The Morgan fingerprint density at radius 1 is 0.556 bits per heavy atom. The number of nitrogens with zero attached hydrogens (tertiary/aromatic N) is 1. The molecule has 2 N–H and O–H groups in total. The molecule has 1 aliphatic rings. The number of hydrogen-bond donors (Lipinski definition) is 2. The minimum Gasteiger partial charge on any atom is -0.478 e. The number of carbonyl (C=O) groups is 4. The SMILES string of the molecule is CCCCCCCCCCCCCCCCCCCCCCC(=C[N+]1(C=C(CC)C(=O)O)C(=O)c2ccccc2C1=O)C(=O)O. The van der Waals surface area contributed by atoms with E-state index in [-0.39, 0.29) is 35.1 Å². The molecule has 0 saturated heterocycles. The molecule has 1 aromatic carbocycles. The third-order valence-corrected chi connectivity index (χ3v) is 9.01. The van der Waals surface area contributed by atoms with Gasteiger partial charge in [-0.05, 0) is 31.4 Å². The summed E-state index contributed by atoms with van der Waals surface area (Å²) in [6.45, 7) is 3.89. The zero-order chi connectivity index (χ0) is 32.9. The first kappa shape index (κ1) is 38.1. The van der Waals surface area contributed by atoms with Crippen LogP contribution in [0.3, 0.4) is 0 Å². The summed E-state index contributed by atoms with van der Waals surface area (Å²) in [5.74, 6) is -3.72. The molecular formula is C38H58NO6+. The Kier molecular flexibility index (Phi) is 18.3. The van der Waals surface area contributed by atoms with Crippen molar-refractivity contribution in [3.05, 3.63) is 58.9 Å². The summed E-state index contributed by atoms with van der Waals surface area (Å²) in [6.07, 6.45) is 27.7. The predicted octanol–water partition coefficient (Wildman–Crippen LogP) is 10.4. The molecule has 0 aromatic heterocycles. The van der Waals surface area contributed by atoms with Crippen LogP contribution < -0.4 is 0 Å². The monoisotopic (exact) mass is 624 g/mol. The van der Waals surface area contributed by atoms with E-state index in [4.69, 9.17) is 0 Å². The number of fused-ring (bicyclic) bond motifs is 1. The highest BCUT2D eigenvalue weighted by Crippen LogP contribution is 2.34. The topological polar surface area (TPSA) is 109 Å². The number of benzene rings is 1. The molecule has 7 heteroatoms. The van der Waals surface area contributed by atoms with Crippen molar-refractivity contribution in [3.63, 3.8) is 0 Å². The van der Waals surface area contributed by atoms with E-state index in [2.05, 4.69) is 6.92 Å². The Morgan fingerprint density at radius 3 is 1.22 bits per heavy atom. The number of carboxylic acid groups (broad SMARTS) is 2. The highest BCUT2D eigenvalue weighted by molar-refractivity contribution is 6.15. The van der Waals surface area contributed by atoms with Crippen molar-refractivity contribution in [2.75, 3.05) is 0 Å². The molecule has 0 radical (unpaired) electrons. The van der Waals surface area contributed by atoms with Crippen LogP contribution in [0, 0.1) is 0 Å². The molecule has 45 heavy (non-hydrogen) atoms. The van der Waals surface area contributed by atoms with E-state index < -0.39 is 28.2 Å². The van der Waals surface area contributed by atoms with Gasteiger partial charge in [0, 0.05) is 0 Å². The summed E-state index contributed by atoms with van der Waals surface area (Å²) in [4.78, 5) is 51.0. The van der Waals surface area contributed by atoms with Crippen molar-refractivity contribution in [3.8, 4) is 0 Å². The van der Waals surface area contributed by atoms with Crippen LogP contribution >= 0.6 is 0 Å². The van der Waals surface area contributed by atoms with E-state index in [1.54, 1.807) is 19.1 Å². The fourth-order valence-electron chi connectivity index (χ4n) is 6.21. The van der Waals surface area contributed by atoms with Gasteiger partial charge in [0.05, 0.1) is 22.3 Å². The number of amides is 2. The Labute approximate surface area is 271 Å². The van der Waals surface area contributed by atoms with Gasteiger partial charge in [-0.25, -0.2) is 19.2 Å². The fraction of sp³-hybridized carbons (Fsp3) is 0.632. The van der Waals surface area contributed by atoms with Gasteiger partial charge in [-0.2, -0.15) is 0 Å². The largest absolute Gasteiger partial charge is 0.478 e. The van der Waals surface area contributed by atoms with E-state index in [1.807, 2.05) is 0 Å². The number of unbranched alkanes of at least 4 members (excludes halogenated alkanes) is 19. The van der Waals surface area contributed by atoms with Gasteiger partial charge in [-0.3, -0.25) is 0 Å². The first-order valence-corrected chi connectivity index (χ1v) is 17.8. The van der Waals surface area contributed by atoms with Crippen molar-refractivity contribution < 1.29 is 33.9 Å². The molecule has 0 spiro atoms. The fourth-order valence-corrected chi connectivity index (χ4v) is 6.21. The second-order valence-electron chi connectivity index (χ2n) is 12.7. The summed E-state index contributed by atoms with van der Waals surface area (Å²) < 4.78 is -1.07. The minimum atomic E-state index is -1.24. The molecule has 0 atom stereocenters. The summed E-state index contributed by atoms with van der Waals surface area (Å²) in [6, 6.07) is 6.30. The smallest absolute Gasteiger partial charge is 0.363 e. The molecule has 0 saturated carbocycles. The summed E-state index contributed by atoms with van der Waals surface area (Å²) in [5, 5.41) is 19.6. The maximum atomic E-state index is 13.5. The van der Waals surface area contributed by atoms with E-state index >= 15 is 0 Å². The van der Waals surface area contributed by atoms with Crippen LogP contribution in [0.2, 0.25) is 0 Å². The van der Waals surface area contributed by atoms with Crippen molar-refractivity contribution >= 4 is 23.8 Å². The number of carbonyl (C=O) groups excluding carboxylic acids is 2. The average Bonchev–Trinajstić information content (AvgIpc) is 3.23. The average molecular weight is 625 g/mol. The lowest BCUT2D eigenvalue weighted by molar-refractivity contribution is -0.647. The molecule has 1 heterocycles. The van der Waals surface area contributed by atoms with E-state index in [0.717, 1.165) is 31.7 Å². The van der Waals surface area contributed by atoms with Crippen molar-refractivity contribution in [1.29, 1.82) is 0 Å². The van der Waals surface area contributed by atoms with Gasteiger partial charge in [-0.1, -0.05) is 148 Å². The number of hydrogen-bond acceptors (Lipinski definition) is 4. The lowest BCUT2D eigenvalue weighted by atomic mass is 10.0. The van der Waals surface area contributed by atoms with Crippen LogP contribution in [0.1, 0.15) is 176 Å². The van der Waals surface area contributed by atoms with Crippen molar-refractivity contribution in [1.82, 2.24) is 0 Å². The van der Waals surface area contributed by atoms with Gasteiger partial charge in [0.25, 0.3) is 0 Å². The molecule has 2 rings (SSSR count). The van der Waals surface area contributed by atoms with Crippen LogP contribution in [-0.4, -0.2) is 38.4 Å². The van der Waals surface area contributed by atoms with Gasteiger partial charge in [0.2, 0.25) is 0 Å². The maximum absolute atomic E-state index is 13.5. The van der Waals surface area contributed by atoms with E-state index in [1.165, 1.54) is 115 Å². The molecule has 0 fully saturated rings. The zero-order valence-electron chi connectivity index (χ0n) is 28.0. The van der Waals surface area contributed by atoms with Gasteiger partial charge < -0.3 is 10.2 Å². The van der Waals surface area contributed by atoms with Crippen LogP contribution in [-0.2, 0) is 9.59 Å². The number of rotatable bonds is 26. The highest BCUT2D eigenvalue weighted by Gasteiger charge is 2.53. The van der Waals surface area contributed by atoms with Crippen LogP contribution in [0.15, 0.2) is 47.8 Å². The number of quaternary nitrogens is 1. The minimum absolute atomic E-state index is 0.0518. The Hall–Kier alpha value is -3.06. The third-order valence-electron chi connectivity index (χ3n) is 9.01. The number of aliphatic carboxylic acids is 2. The van der Waals surface area contributed by atoms with Crippen LogP contribution in [0.4, 0.5) is 0 Å². The lowest BCUT2D eigenvalue weighted by Gasteiger charge is -2.21. The van der Waals surface area contributed by atoms with Gasteiger partial charge in [0.15, 0.2) is 0 Å². The van der Waals surface area contributed by atoms with Crippen molar-refractivity contribution in [2.45, 2.75) is 155 Å². The van der Waals surface area contributed by atoms with Crippen LogP contribution in [0.5, 0.6) is 0 Å². The molecule has 250 valence electrons. The summed E-state index contributed by atoms with van der Waals surface area (Å²) in [5.41, 5.74) is 0.159. The number of carboxylic acids is 2. The molecule has 0 bridgehead atoms. The third kappa shape index (κ3) is 12.7.